The Hall–Kier alpha value is 0.430. The third-order valence-electron chi connectivity index (χ3n) is 0.975. The summed E-state index contributed by atoms with van der Waals surface area (Å²) in [6.45, 7) is 0.608. The van der Waals surface area contributed by atoms with Crippen LogP contribution in [0.5, 0.6) is 0 Å². The summed E-state index contributed by atoms with van der Waals surface area (Å²) in [4.78, 5) is 9.86. The van der Waals surface area contributed by atoms with Crippen molar-refractivity contribution in [2.75, 3.05) is 6.61 Å². The SMILES string of the molecule is O=C(O)[C@@H]1CCO1.[NaH]. The Morgan fingerprint density at radius 3 is 2.25 bits per heavy atom. The van der Waals surface area contributed by atoms with E-state index in [1.54, 1.807) is 0 Å². The van der Waals surface area contributed by atoms with Gasteiger partial charge < -0.3 is 9.84 Å². The quantitative estimate of drug-likeness (QED) is 0.468. The zero-order valence-electron chi connectivity index (χ0n) is 3.76. The molecule has 1 aliphatic rings. The summed E-state index contributed by atoms with van der Waals surface area (Å²) in [7, 11) is 0. The molecule has 8 heavy (non-hydrogen) atoms. The van der Waals surface area contributed by atoms with Crippen LogP contribution in [0.2, 0.25) is 0 Å². The molecule has 0 saturated carbocycles. The molecule has 0 aromatic heterocycles. The summed E-state index contributed by atoms with van der Waals surface area (Å²) < 4.78 is 4.59. The number of hydrogen-bond donors (Lipinski definition) is 1. The Morgan fingerprint density at radius 2 is 2.25 bits per heavy atom. The van der Waals surface area contributed by atoms with Crippen LogP contribution < -0.4 is 0 Å². The van der Waals surface area contributed by atoms with Crippen LogP contribution in [-0.2, 0) is 9.53 Å². The first-order valence-corrected chi connectivity index (χ1v) is 2.15. The van der Waals surface area contributed by atoms with E-state index in [0.717, 1.165) is 0 Å². The molecule has 1 rings (SSSR count). The summed E-state index contributed by atoms with van der Waals surface area (Å²) in [5.41, 5.74) is 0. The van der Waals surface area contributed by atoms with E-state index in [-0.39, 0.29) is 29.6 Å². The third-order valence-corrected chi connectivity index (χ3v) is 0.975. The minimum absolute atomic E-state index is 0. The normalized spacial score (nSPS) is 25.2. The molecular weight excluding hydrogens is 119 g/mol. The molecule has 42 valence electrons. The van der Waals surface area contributed by atoms with E-state index in [1.807, 2.05) is 0 Å². The standard InChI is InChI=1S/C4H6O3.Na.H/c5-4(6)3-1-2-7-3;;/h3H,1-2H2,(H,5,6);;/t3-;;/m0../s1. The fourth-order valence-corrected chi connectivity index (χ4v) is 0.430. The van der Waals surface area contributed by atoms with E-state index < -0.39 is 12.1 Å². The van der Waals surface area contributed by atoms with Gasteiger partial charge in [0.25, 0.3) is 0 Å². The van der Waals surface area contributed by atoms with Gasteiger partial charge in [-0.3, -0.25) is 0 Å². The van der Waals surface area contributed by atoms with Gasteiger partial charge in [0.15, 0.2) is 6.10 Å². The zero-order chi connectivity index (χ0) is 5.28. The molecule has 1 aliphatic heterocycles. The molecule has 1 saturated heterocycles. The average molecular weight is 126 g/mol. The summed E-state index contributed by atoms with van der Waals surface area (Å²) in [5.74, 6) is -0.841. The maximum atomic E-state index is 9.86. The van der Waals surface area contributed by atoms with Crippen molar-refractivity contribution in [2.45, 2.75) is 12.5 Å². The molecule has 0 amide bonds. The van der Waals surface area contributed by atoms with Gasteiger partial charge in [0.05, 0.1) is 6.61 Å². The molecule has 4 heteroatoms. The fourth-order valence-electron chi connectivity index (χ4n) is 0.430. The van der Waals surface area contributed by atoms with Gasteiger partial charge in [-0.1, -0.05) is 0 Å². The first kappa shape index (κ1) is 8.43. The Labute approximate surface area is 69.3 Å². The predicted molar refractivity (Wildman–Crippen MR) is 29.1 cm³/mol. The van der Waals surface area contributed by atoms with Crippen LogP contribution >= 0.6 is 0 Å². The van der Waals surface area contributed by atoms with Crippen LogP contribution in [0.4, 0.5) is 0 Å². The molecule has 0 spiro atoms. The van der Waals surface area contributed by atoms with Crippen LogP contribution in [0.1, 0.15) is 6.42 Å². The molecule has 1 atom stereocenters. The molecular formula is C4H7NaO3. The molecule has 0 aromatic carbocycles. The molecule has 3 nitrogen and oxygen atoms in total. The summed E-state index contributed by atoms with van der Waals surface area (Å²) >= 11 is 0. The van der Waals surface area contributed by atoms with Crippen LogP contribution in [-0.4, -0.2) is 53.3 Å². The van der Waals surface area contributed by atoms with Crippen molar-refractivity contribution in [1.82, 2.24) is 0 Å². The Bertz CT molecular complexity index is 89.3. The van der Waals surface area contributed by atoms with Crippen molar-refractivity contribution in [1.29, 1.82) is 0 Å². The molecule has 1 heterocycles. The van der Waals surface area contributed by atoms with Crippen molar-refractivity contribution in [3.8, 4) is 0 Å². The number of hydrogen-bond acceptors (Lipinski definition) is 2. The molecule has 0 radical (unpaired) electrons. The van der Waals surface area contributed by atoms with Gasteiger partial charge in [-0.25, -0.2) is 4.79 Å². The van der Waals surface area contributed by atoms with E-state index in [4.69, 9.17) is 5.11 Å². The number of aliphatic carboxylic acids is 1. The van der Waals surface area contributed by atoms with E-state index in [2.05, 4.69) is 4.74 Å². The summed E-state index contributed by atoms with van der Waals surface area (Å²) in [6.07, 6.45) is 0.176. The number of ether oxygens (including phenoxy) is 1. The second-order valence-corrected chi connectivity index (χ2v) is 1.49. The fraction of sp³-hybridized carbons (Fsp3) is 0.750. The van der Waals surface area contributed by atoms with Crippen LogP contribution in [0.15, 0.2) is 0 Å². The second-order valence-electron chi connectivity index (χ2n) is 1.49. The minimum atomic E-state index is -0.841. The van der Waals surface area contributed by atoms with E-state index >= 15 is 0 Å². The van der Waals surface area contributed by atoms with Gasteiger partial charge in [0.2, 0.25) is 0 Å². The number of carboxylic acids is 1. The average Bonchev–Trinajstić information content (AvgIpc) is 1.23. The van der Waals surface area contributed by atoms with Crippen molar-refractivity contribution in [3.05, 3.63) is 0 Å². The van der Waals surface area contributed by atoms with Crippen LogP contribution in [0.25, 0.3) is 0 Å². The monoisotopic (exact) mass is 126 g/mol. The molecule has 0 unspecified atom stereocenters. The predicted octanol–water partition coefficient (Wildman–Crippen LogP) is -0.789. The number of carbonyl (C=O) groups is 1. The van der Waals surface area contributed by atoms with Gasteiger partial charge in [-0.2, -0.15) is 0 Å². The molecule has 0 aromatic rings. The van der Waals surface area contributed by atoms with Crippen molar-refractivity contribution in [2.24, 2.45) is 0 Å². The molecule has 0 aliphatic carbocycles. The van der Waals surface area contributed by atoms with Gasteiger partial charge in [0, 0.05) is 6.42 Å². The van der Waals surface area contributed by atoms with Gasteiger partial charge in [-0.15, -0.1) is 0 Å². The maximum absolute atomic E-state index is 9.86. The van der Waals surface area contributed by atoms with Gasteiger partial charge in [0.1, 0.15) is 0 Å². The second kappa shape index (κ2) is 3.45. The first-order chi connectivity index (χ1) is 3.30. The topological polar surface area (TPSA) is 46.5 Å². The van der Waals surface area contributed by atoms with Crippen molar-refractivity contribution < 1.29 is 14.6 Å². The van der Waals surface area contributed by atoms with Gasteiger partial charge >= 0.3 is 35.5 Å². The van der Waals surface area contributed by atoms with E-state index in [0.29, 0.717) is 13.0 Å². The van der Waals surface area contributed by atoms with Crippen molar-refractivity contribution in [3.63, 3.8) is 0 Å². The summed E-state index contributed by atoms with van der Waals surface area (Å²) in [6, 6.07) is 0. The zero-order valence-corrected chi connectivity index (χ0v) is 3.76. The molecule has 1 N–H and O–H groups in total. The van der Waals surface area contributed by atoms with Crippen LogP contribution in [0.3, 0.4) is 0 Å². The Morgan fingerprint density at radius 1 is 1.75 bits per heavy atom. The first-order valence-electron chi connectivity index (χ1n) is 2.15. The van der Waals surface area contributed by atoms with Crippen LogP contribution in [0, 0.1) is 0 Å². The van der Waals surface area contributed by atoms with Crippen molar-refractivity contribution >= 4 is 35.5 Å². The number of carboxylic acid groups (broad SMARTS) is 1. The third kappa shape index (κ3) is 1.74. The summed E-state index contributed by atoms with van der Waals surface area (Å²) in [5, 5.41) is 8.11. The van der Waals surface area contributed by atoms with E-state index in [1.165, 1.54) is 0 Å². The van der Waals surface area contributed by atoms with E-state index in [9.17, 15) is 4.79 Å². The number of rotatable bonds is 1. The Kier molecular flexibility index (Phi) is 3.64. The van der Waals surface area contributed by atoms with Gasteiger partial charge in [-0.05, 0) is 0 Å². The molecule has 0 bridgehead atoms. The molecule has 1 fully saturated rings. The Balaban J connectivity index is 0.000000490.